The fourth-order valence-corrected chi connectivity index (χ4v) is 2.10. The van der Waals surface area contributed by atoms with Gasteiger partial charge in [0.25, 0.3) is 0 Å². The highest BCUT2D eigenvalue weighted by Crippen LogP contribution is 2.14. The Balaban J connectivity index is 1.92. The van der Waals surface area contributed by atoms with Crippen molar-refractivity contribution < 1.29 is 9.84 Å². The van der Waals surface area contributed by atoms with Crippen LogP contribution in [-0.2, 0) is 12.8 Å². The Hall–Kier alpha value is -1.80. The van der Waals surface area contributed by atoms with E-state index in [1.807, 2.05) is 24.3 Å². The van der Waals surface area contributed by atoms with Gasteiger partial charge in [-0.25, -0.2) is 0 Å². The van der Waals surface area contributed by atoms with Gasteiger partial charge in [0.1, 0.15) is 5.75 Å². The molecule has 2 heteroatoms. The molecule has 1 atom stereocenters. The first kappa shape index (κ1) is 13.6. The van der Waals surface area contributed by atoms with E-state index in [1.54, 1.807) is 7.11 Å². The first-order chi connectivity index (χ1) is 9.17. The summed E-state index contributed by atoms with van der Waals surface area (Å²) < 4.78 is 5.12. The Morgan fingerprint density at radius 1 is 0.895 bits per heavy atom. The third kappa shape index (κ3) is 4.11. The normalized spacial score (nSPS) is 12.2. The summed E-state index contributed by atoms with van der Waals surface area (Å²) in [7, 11) is 1.65. The third-order valence-corrected chi connectivity index (χ3v) is 3.22. The van der Waals surface area contributed by atoms with Crippen LogP contribution in [0.25, 0.3) is 0 Å². The number of aliphatic hydroxyl groups excluding tert-OH is 1. The zero-order valence-electron chi connectivity index (χ0n) is 11.5. The van der Waals surface area contributed by atoms with Crippen molar-refractivity contribution in [1.29, 1.82) is 0 Å². The molecule has 0 bridgehead atoms. The Labute approximate surface area is 114 Å². The maximum atomic E-state index is 10.1. The summed E-state index contributed by atoms with van der Waals surface area (Å²) in [5.41, 5.74) is 3.54. The molecule has 0 heterocycles. The Morgan fingerprint density at radius 2 is 1.37 bits per heavy atom. The largest absolute Gasteiger partial charge is 0.497 e. The molecular weight excluding hydrogens is 236 g/mol. The fourth-order valence-electron chi connectivity index (χ4n) is 2.10. The first-order valence-corrected chi connectivity index (χ1v) is 6.54. The second-order valence-corrected chi connectivity index (χ2v) is 4.90. The second kappa shape index (κ2) is 6.39. The van der Waals surface area contributed by atoms with Crippen molar-refractivity contribution >= 4 is 0 Å². The zero-order chi connectivity index (χ0) is 13.7. The van der Waals surface area contributed by atoms with Crippen molar-refractivity contribution in [3.8, 4) is 5.75 Å². The molecule has 19 heavy (non-hydrogen) atoms. The van der Waals surface area contributed by atoms with Crippen molar-refractivity contribution in [3.63, 3.8) is 0 Å². The zero-order valence-corrected chi connectivity index (χ0v) is 11.5. The van der Waals surface area contributed by atoms with Gasteiger partial charge in [-0.05, 0) is 43.0 Å². The minimum absolute atomic E-state index is 0.351. The molecule has 2 aromatic rings. The standard InChI is InChI=1S/C17H20O2/c1-13-3-5-14(6-4-13)11-16(18)12-15-7-9-17(19-2)10-8-15/h3-10,16,18H,11-12H2,1-2H3. The minimum atomic E-state index is -0.351. The lowest BCUT2D eigenvalue weighted by molar-refractivity contribution is 0.175. The molecule has 0 saturated heterocycles. The van der Waals surface area contributed by atoms with Crippen LogP contribution in [-0.4, -0.2) is 18.3 Å². The molecule has 0 aliphatic rings. The number of hydrogen-bond acceptors (Lipinski definition) is 2. The van der Waals surface area contributed by atoms with Gasteiger partial charge in [-0.1, -0.05) is 42.0 Å². The Bertz CT molecular complexity index is 500. The number of methoxy groups -OCH3 is 1. The highest BCUT2D eigenvalue weighted by atomic mass is 16.5. The van der Waals surface area contributed by atoms with Crippen LogP contribution in [0.5, 0.6) is 5.75 Å². The Kier molecular flexibility index (Phi) is 4.58. The predicted molar refractivity (Wildman–Crippen MR) is 77.6 cm³/mol. The summed E-state index contributed by atoms with van der Waals surface area (Å²) in [6.45, 7) is 2.07. The SMILES string of the molecule is COc1ccc(CC(O)Cc2ccc(C)cc2)cc1. The number of hydrogen-bond donors (Lipinski definition) is 1. The lowest BCUT2D eigenvalue weighted by Crippen LogP contribution is -2.13. The molecular formula is C17H20O2. The molecule has 2 aromatic carbocycles. The molecule has 0 saturated carbocycles. The summed E-state index contributed by atoms with van der Waals surface area (Å²) in [6.07, 6.45) is 1.00. The molecule has 2 rings (SSSR count). The smallest absolute Gasteiger partial charge is 0.118 e. The van der Waals surface area contributed by atoms with Crippen molar-refractivity contribution in [2.75, 3.05) is 7.11 Å². The summed E-state index contributed by atoms with van der Waals surface area (Å²) in [5, 5.41) is 10.1. The molecule has 1 N–H and O–H groups in total. The highest BCUT2D eigenvalue weighted by molar-refractivity contribution is 5.28. The van der Waals surface area contributed by atoms with Gasteiger partial charge in [0.15, 0.2) is 0 Å². The van der Waals surface area contributed by atoms with Gasteiger partial charge in [0, 0.05) is 0 Å². The molecule has 0 aromatic heterocycles. The molecule has 0 radical (unpaired) electrons. The molecule has 0 spiro atoms. The molecule has 0 aliphatic carbocycles. The van der Waals surface area contributed by atoms with Crippen molar-refractivity contribution in [1.82, 2.24) is 0 Å². The van der Waals surface area contributed by atoms with E-state index in [2.05, 4.69) is 31.2 Å². The van der Waals surface area contributed by atoms with E-state index in [1.165, 1.54) is 11.1 Å². The van der Waals surface area contributed by atoms with Gasteiger partial charge in [-0.2, -0.15) is 0 Å². The number of rotatable bonds is 5. The van der Waals surface area contributed by atoms with E-state index in [0.29, 0.717) is 12.8 Å². The molecule has 2 nitrogen and oxygen atoms in total. The third-order valence-electron chi connectivity index (χ3n) is 3.22. The van der Waals surface area contributed by atoms with Crippen LogP contribution in [0.1, 0.15) is 16.7 Å². The van der Waals surface area contributed by atoms with Crippen molar-refractivity contribution in [3.05, 3.63) is 65.2 Å². The lowest BCUT2D eigenvalue weighted by Gasteiger charge is -2.11. The van der Waals surface area contributed by atoms with E-state index in [-0.39, 0.29) is 6.10 Å². The molecule has 0 aliphatic heterocycles. The van der Waals surface area contributed by atoms with Gasteiger partial charge in [0.2, 0.25) is 0 Å². The van der Waals surface area contributed by atoms with Gasteiger partial charge >= 0.3 is 0 Å². The fraction of sp³-hybridized carbons (Fsp3) is 0.294. The maximum absolute atomic E-state index is 10.1. The Morgan fingerprint density at radius 3 is 1.84 bits per heavy atom. The van der Waals surface area contributed by atoms with Crippen molar-refractivity contribution in [2.45, 2.75) is 25.9 Å². The van der Waals surface area contributed by atoms with E-state index >= 15 is 0 Å². The number of aryl methyl sites for hydroxylation is 1. The van der Waals surface area contributed by atoms with Gasteiger partial charge in [-0.3, -0.25) is 0 Å². The van der Waals surface area contributed by atoms with Gasteiger partial charge in [-0.15, -0.1) is 0 Å². The lowest BCUT2D eigenvalue weighted by atomic mass is 10.0. The second-order valence-electron chi connectivity index (χ2n) is 4.90. The average Bonchev–Trinajstić information content (AvgIpc) is 2.42. The monoisotopic (exact) mass is 256 g/mol. The van der Waals surface area contributed by atoms with E-state index < -0.39 is 0 Å². The summed E-state index contributed by atoms with van der Waals surface area (Å²) in [4.78, 5) is 0. The molecule has 1 unspecified atom stereocenters. The number of aliphatic hydroxyl groups is 1. The van der Waals surface area contributed by atoms with Crippen LogP contribution in [0.4, 0.5) is 0 Å². The van der Waals surface area contributed by atoms with Crippen LogP contribution in [0.15, 0.2) is 48.5 Å². The van der Waals surface area contributed by atoms with Gasteiger partial charge in [0.05, 0.1) is 13.2 Å². The van der Waals surface area contributed by atoms with Crippen LogP contribution < -0.4 is 4.74 Å². The molecule has 100 valence electrons. The summed E-state index contributed by atoms with van der Waals surface area (Å²) in [6, 6.07) is 16.2. The van der Waals surface area contributed by atoms with E-state index in [9.17, 15) is 5.11 Å². The van der Waals surface area contributed by atoms with Crippen LogP contribution in [0.3, 0.4) is 0 Å². The topological polar surface area (TPSA) is 29.5 Å². The predicted octanol–water partition coefficient (Wildman–Crippen LogP) is 3.15. The first-order valence-electron chi connectivity index (χ1n) is 6.54. The quantitative estimate of drug-likeness (QED) is 0.890. The number of ether oxygens (including phenoxy) is 1. The van der Waals surface area contributed by atoms with Crippen molar-refractivity contribution in [2.24, 2.45) is 0 Å². The van der Waals surface area contributed by atoms with Crippen LogP contribution in [0, 0.1) is 6.92 Å². The number of benzene rings is 2. The average molecular weight is 256 g/mol. The van der Waals surface area contributed by atoms with Crippen LogP contribution >= 0.6 is 0 Å². The molecule has 0 fully saturated rings. The summed E-state index contributed by atoms with van der Waals surface area (Å²) in [5.74, 6) is 0.844. The maximum Gasteiger partial charge on any atom is 0.118 e. The van der Waals surface area contributed by atoms with Gasteiger partial charge < -0.3 is 9.84 Å². The van der Waals surface area contributed by atoms with E-state index in [4.69, 9.17) is 4.74 Å². The molecule has 0 amide bonds. The van der Waals surface area contributed by atoms with E-state index in [0.717, 1.165) is 11.3 Å². The summed E-state index contributed by atoms with van der Waals surface area (Å²) >= 11 is 0. The minimum Gasteiger partial charge on any atom is -0.497 e. The van der Waals surface area contributed by atoms with Crippen LogP contribution in [0.2, 0.25) is 0 Å². The highest BCUT2D eigenvalue weighted by Gasteiger charge is 2.07.